The third-order valence-electron chi connectivity index (χ3n) is 3.16. The van der Waals surface area contributed by atoms with Gasteiger partial charge in [-0.15, -0.1) is 0 Å². The van der Waals surface area contributed by atoms with Gasteiger partial charge in [0.15, 0.2) is 0 Å². The van der Waals surface area contributed by atoms with Crippen LogP contribution in [0.4, 0.5) is 5.69 Å². The molecule has 5 heteroatoms. The minimum absolute atomic E-state index is 0.00315. The Morgan fingerprint density at radius 1 is 1.50 bits per heavy atom. The van der Waals surface area contributed by atoms with Gasteiger partial charge in [0, 0.05) is 23.2 Å². The van der Waals surface area contributed by atoms with Crippen molar-refractivity contribution in [2.24, 2.45) is 0 Å². The zero-order valence-corrected chi connectivity index (χ0v) is 11.7. The highest BCUT2D eigenvalue weighted by atomic mass is 79.9. The lowest BCUT2D eigenvalue weighted by Gasteiger charge is -2.37. The van der Waals surface area contributed by atoms with Gasteiger partial charge in [-0.2, -0.15) is 5.26 Å². The number of rotatable bonds is 2. The van der Waals surface area contributed by atoms with Crippen LogP contribution in [0.2, 0.25) is 0 Å². The highest BCUT2D eigenvalue weighted by molar-refractivity contribution is 9.10. The Bertz CT molecular complexity index is 497. The summed E-state index contributed by atoms with van der Waals surface area (Å²) in [5.41, 5.74) is 0.880. The van der Waals surface area contributed by atoms with Gasteiger partial charge in [0.2, 0.25) is 5.91 Å². The topological polar surface area (TPSA) is 47.3 Å². The fourth-order valence-corrected chi connectivity index (χ4v) is 2.51. The van der Waals surface area contributed by atoms with Crippen molar-refractivity contribution in [1.82, 2.24) is 4.90 Å². The number of anilines is 1. The lowest BCUT2D eigenvalue weighted by molar-refractivity contribution is -0.125. The van der Waals surface area contributed by atoms with E-state index in [1.165, 1.54) is 0 Å². The Hall–Kier alpha value is -1.38. The summed E-state index contributed by atoms with van der Waals surface area (Å²) >= 11 is 3.41. The molecule has 0 spiro atoms. The zero-order valence-electron chi connectivity index (χ0n) is 10.1. The largest absolute Gasteiger partial charge is 0.310 e. The van der Waals surface area contributed by atoms with Gasteiger partial charge in [-0.25, -0.2) is 0 Å². The van der Waals surface area contributed by atoms with Crippen molar-refractivity contribution in [2.75, 3.05) is 25.0 Å². The van der Waals surface area contributed by atoms with Gasteiger partial charge in [0.1, 0.15) is 6.04 Å². The van der Waals surface area contributed by atoms with Crippen molar-refractivity contribution in [3.8, 4) is 6.07 Å². The molecule has 0 aromatic heterocycles. The number of likely N-dealkylation sites (N-methyl/N-ethyl adjacent to an activating group) is 1. The lowest BCUT2D eigenvalue weighted by Crippen LogP contribution is -2.55. The SMILES string of the molecule is CN1CCN(c2cccc(Br)c2)C(=O)C1CC#N. The van der Waals surface area contributed by atoms with Crippen LogP contribution in [0.25, 0.3) is 0 Å². The Balaban J connectivity index is 2.25. The molecule has 1 heterocycles. The third-order valence-corrected chi connectivity index (χ3v) is 3.66. The highest BCUT2D eigenvalue weighted by Crippen LogP contribution is 2.23. The molecule has 18 heavy (non-hydrogen) atoms. The summed E-state index contributed by atoms with van der Waals surface area (Å²) in [6.07, 6.45) is 0.236. The van der Waals surface area contributed by atoms with Crippen molar-refractivity contribution in [1.29, 1.82) is 5.26 Å². The van der Waals surface area contributed by atoms with E-state index in [4.69, 9.17) is 5.26 Å². The maximum atomic E-state index is 12.4. The number of hydrogen-bond acceptors (Lipinski definition) is 3. The summed E-state index contributed by atoms with van der Waals surface area (Å²) in [5.74, 6) is 0.00315. The summed E-state index contributed by atoms with van der Waals surface area (Å²) in [5, 5.41) is 8.80. The molecule has 0 bridgehead atoms. The quantitative estimate of drug-likeness (QED) is 0.839. The Kier molecular flexibility index (Phi) is 4.00. The molecule has 4 nitrogen and oxygen atoms in total. The van der Waals surface area contributed by atoms with Crippen LogP contribution in [0, 0.1) is 11.3 Å². The van der Waals surface area contributed by atoms with Crippen molar-refractivity contribution >= 4 is 27.5 Å². The fraction of sp³-hybridized carbons (Fsp3) is 0.385. The van der Waals surface area contributed by atoms with Crippen LogP contribution in [0.1, 0.15) is 6.42 Å². The van der Waals surface area contributed by atoms with E-state index in [1.54, 1.807) is 4.90 Å². The number of carbonyl (C=O) groups excluding carboxylic acids is 1. The predicted octanol–water partition coefficient (Wildman–Crippen LogP) is 2.01. The Morgan fingerprint density at radius 2 is 2.28 bits per heavy atom. The first-order chi connectivity index (χ1) is 8.63. The second-order valence-electron chi connectivity index (χ2n) is 4.33. The average molecular weight is 308 g/mol. The van der Waals surface area contributed by atoms with Gasteiger partial charge < -0.3 is 4.90 Å². The molecule has 1 amide bonds. The number of nitrogens with zero attached hydrogens (tertiary/aromatic N) is 3. The first-order valence-corrected chi connectivity index (χ1v) is 6.57. The molecule has 2 rings (SSSR count). The van der Waals surface area contributed by atoms with E-state index in [0.29, 0.717) is 6.54 Å². The van der Waals surface area contributed by atoms with Crippen LogP contribution >= 0.6 is 15.9 Å². The smallest absolute Gasteiger partial charge is 0.245 e. The molecule has 1 aliphatic rings. The molecular weight excluding hydrogens is 294 g/mol. The van der Waals surface area contributed by atoms with Crippen LogP contribution in [-0.2, 0) is 4.79 Å². The summed E-state index contributed by atoms with van der Waals surface area (Å²) in [6, 6.07) is 9.42. The third kappa shape index (κ3) is 2.55. The molecule has 1 aliphatic heterocycles. The monoisotopic (exact) mass is 307 g/mol. The van der Waals surface area contributed by atoms with E-state index in [-0.39, 0.29) is 18.4 Å². The number of carbonyl (C=O) groups is 1. The van der Waals surface area contributed by atoms with Gasteiger partial charge in [0.05, 0.1) is 12.5 Å². The summed E-state index contributed by atoms with van der Waals surface area (Å²) in [6.45, 7) is 1.44. The molecule has 1 unspecified atom stereocenters. The highest BCUT2D eigenvalue weighted by Gasteiger charge is 2.33. The van der Waals surface area contributed by atoms with Gasteiger partial charge >= 0.3 is 0 Å². The number of piperazine rings is 1. The van der Waals surface area contributed by atoms with Gasteiger partial charge in [-0.05, 0) is 25.2 Å². The maximum Gasteiger partial charge on any atom is 0.245 e. The predicted molar refractivity (Wildman–Crippen MR) is 73.1 cm³/mol. The minimum atomic E-state index is -0.331. The molecular formula is C13H14BrN3O. The van der Waals surface area contributed by atoms with Gasteiger partial charge in [-0.1, -0.05) is 22.0 Å². The van der Waals surface area contributed by atoms with Crippen LogP contribution in [-0.4, -0.2) is 37.0 Å². The lowest BCUT2D eigenvalue weighted by atomic mass is 10.1. The normalized spacial score (nSPS) is 20.8. The summed E-state index contributed by atoms with van der Waals surface area (Å²) in [4.78, 5) is 16.1. The van der Waals surface area contributed by atoms with Crippen molar-refractivity contribution in [2.45, 2.75) is 12.5 Å². The van der Waals surface area contributed by atoms with E-state index in [1.807, 2.05) is 36.2 Å². The zero-order chi connectivity index (χ0) is 13.1. The molecule has 0 saturated carbocycles. The second-order valence-corrected chi connectivity index (χ2v) is 5.24. The molecule has 0 aliphatic carbocycles. The van der Waals surface area contributed by atoms with Crippen LogP contribution in [0.5, 0.6) is 0 Å². The van der Waals surface area contributed by atoms with Gasteiger partial charge in [-0.3, -0.25) is 9.69 Å². The van der Waals surface area contributed by atoms with Crippen molar-refractivity contribution < 1.29 is 4.79 Å². The molecule has 1 aromatic rings. The Labute approximate surface area is 115 Å². The average Bonchev–Trinajstić information content (AvgIpc) is 2.34. The van der Waals surface area contributed by atoms with E-state index < -0.39 is 0 Å². The molecule has 0 radical (unpaired) electrons. The molecule has 1 aromatic carbocycles. The summed E-state index contributed by atoms with van der Waals surface area (Å²) in [7, 11) is 1.89. The van der Waals surface area contributed by atoms with Crippen LogP contribution in [0.15, 0.2) is 28.7 Å². The van der Waals surface area contributed by atoms with Gasteiger partial charge in [0.25, 0.3) is 0 Å². The van der Waals surface area contributed by atoms with Crippen molar-refractivity contribution in [3.05, 3.63) is 28.7 Å². The first-order valence-electron chi connectivity index (χ1n) is 5.77. The molecule has 0 N–H and O–H groups in total. The Morgan fingerprint density at radius 3 is 2.94 bits per heavy atom. The maximum absolute atomic E-state index is 12.4. The van der Waals surface area contributed by atoms with E-state index in [2.05, 4.69) is 22.0 Å². The molecule has 1 fully saturated rings. The summed E-state index contributed by atoms with van der Waals surface area (Å²) < 4.78 is 0.948. The van der Waals surface area contributed by atoms with E-state index >= 15 is 0 Å². The number of nitriles is 1. The van der Waals surface area contributed by atoms with E-state index in [0.717, 1.165) is 16.7 Å². The first kappa shape index (κ1) is 13.1. The number of hydrogen-bond donors (Lipinski definition) is 0. The molecule has 1 atom stereocenters. The molecule has 1 saturated heterocycles. The molecule has 94 valence electrons. The fourth-order valence-electron chi connectivity index (χ4n) is 2.12. The second kappa shape index (κ2) is 5.51. The number of halogens is 1. The number of amides is 1. The van der Waals surface area contributed by atoms with Crippen LogP contribution < -0.4 is 4.90 Å². The minimum Gasteiger partial charge on any atom is -0.310 e. The van der Waals surface area contributed by atoms with Crippen molar-refractivity contribution in [3.63, 3.8) is 0 Å². The van der Waals surface area contributed by atoms with Crippen LogP contribution in [0.3, 0.4) is 0 Å². The standard InChI is InChI=1S/C13H14BrN3O/c1-16-7-8-17(13(18)12(16)5-6-15)11-4-2-3-10(14)9-11/h2-4,9,12H,5,7-8H2,1H3. The van der Waals surface area contributed by atoms with E-state index in [9.17, 15) is 4.79 Å². The number of benzene rings is 1.